The maximum absolute atomic E-state index is 12.3. The molecule has 0 atom stereocenters. The number of imidazole rings is 1. The van der Waals surface area contributed by atoms with Gasteiger partial charge < -0.3 is 0 Å². The first-order valence-corrected chi connectivity index (χ1v) is 7.51. The Balaban J connectivity index is 1.97. The summed E-state index contributed by atoms with van der Waals surface area (Å²) in [6.45, 7) is 6.18. The zero-order valence-corrected chi connectivity index (χ0v) is 13.4. The van der Waals surface area contributed by atoms with Gasteiger partial charge in [0.15, 0.2) is 0 Å². The van der Waals surface area contributed by atoms with Crippen LogP contribution < -0.4 is 5.32 Å². The molecule has 0 bridgehead atoms. The maximum Gasteiger partial charge on any atom is 0.332 e. The molecule has 3 rings (SSSR count). The highest BCUT2D eigenvalue weighted by Crippen LogP contribution is 2.22. The molecule has 0 radical (unpaired) electrons. The highest BCUT2D eigenvalue weighted by Gasteiger charge is 2.15. The smallest absolute Gasteiger partial charge is 0.291 e. The van der Waals surface area contributed by atoms with Crippen LogP contribution >= 0.6 is 0 Å². The fourth-order valence-electron chi connectivity index (χ4n) is 2.21. The summed E-state index contributed by atoms with van der Waals surface area (Å²) in [5, 5.41) is 7.51. The van der Waals surface area contributed by atoms with Gasteiger partial charge in [-0.3, -0.25) is 9.88 Å². The van der Waals surface area contributed by atoms with Crippen LogP contribution in [-0.4, -0.2) is 25.4 Å². The van der Waals surface area contributed by atoms with Gasteiger partial charge >= 0.3 is 6.03 Å². The van der Waals surface area contributed by atoms with Gasteiger partial charge in [0.2, 0.25) is 0 Å². The lowest BCUT2D eigenvalue weighted by atomic mass is 10.1. The van der Waals surface area contributed by atoms with Crippen LogP contribution in [-0.2, 0) is 0 Å². The fourth-order valence-corrected chi connectivity index (χ4v) is 2.21. The van der Waals surface area contributed by atoms with E-state index in [9.17, 15) is 4.79 Å². The van der Waals surface area contributed by atoms with Gasteiger partial charge in [0.25, 0.3) is 0 Å². The third-order valence-electron chi connectivity index (χ3n) is 3.57. The Labute approximate surface area is 134 Å². The minimum Gasteiger partial charge on any atom is -0.291 e. The summed E-state index contributed by atoms with van der Waals surface area (Å²) in [4.78, 5) is 16.2. The number of aryl methyl sites for hydroxylation is 1. The van der Waals surface area contributed by atoms with E-state index in [0.29, 0.717) is 5.82 Å². The Bertz CT molecular complexity index is 800. The minimum atomic E-state index is -0.272. The van der Waals surface area contributed by atoms with E-state index in [-0.39, 0.29) is 11.9 Å². The molecule has 6 nitrogen and oxygen atoms in total. The molecule has 0 fully saturated rings. The summed E-state index contributed by atoms with van der Waals surface area (Å²) < 4.78 is 3.14. The van der Waals surface area contributed by atoms with Gasteiger partial charge in [-0.2, -0.15) is 5.10 Å². The van der Waals surface area contributed by atoms with E-state index in [1.807, 2.05) is 37.3 Å². The molecule has 0 unspecified atom stereocenters. The number of carbonyl (C=O) groups is 1. The monoisotopic (exact) mass is 309 g/mol. The molecule has 1 N–H and O–H groups in total. The summed E-state index contributed by atoms with van der Waals surface area (Å²) in [6.07, 6.45) is 4.63. The summed E-state index contributed by atoms with van der Waals surface area (Å²) in [6, 6.07) is 9.64. The van der Waals surface area contributed by atoms with Crippen molar-refractivity contribution in [2.75, 3.05) is 5.32 Å². The van der Waals surface area contributed by atoms with E-state index >= 15 is 0 Å². The summed E-state index contributed by atoms with van der Waals surface area (Å²) in [5.74, 6) is 0.904. The molecule has 1 aromatic carbocycles. The molecule has 0 aliphatic rings. The van der Waals surface area contributed by atoms with Crippen LogP contribution in [0.5, 0.6) is 0 Å². The Hall–Kier alpha value is -2.89. The first kappa shape index (κ1) is 15.0. The molecule has 6 heteroatoms. The zero-order chi connectivity index (χ0) is 16.4. The van der Waals surface area contributed by atoms with Crippen LogP contribution in [0.25, 0.3) is 5.69 Å². The molecule has 2 heterocycles. The third kappa shape index (κ3) is 3.15. The number of amides is 1. The van der Waals surface area contributed by atoms with Crippen molar-refractivity contribution in [3.05, 3.63) is 60.3 Å². The first-order valence-electron chi connectivity index (χ1n) is 7.51. The van der Waals surface area contributed by atoms with Crippen LogP contribution in [0.4, 0.5) is 10.6 Å². The van der Waals surface area contributed by atoms with Gasteiger partial charge in [0.05, 0.1) is 11.4 Å². The number of carbonyl (C=O) groups excluding carboxylic acids is 1. The summed E-state index contributed by atoms with van der Waals surface area (Å²) in [5.41, 5.74) is 3.00. The van der Waals surface area contributed by atoms with Gasteiger partial charge in [0.1, 0.15) is 12.1 Å². The van der Waals surface area contributed by atoms with Crippen LogP contribution in [0.15, 0.2) is 49.1 Å². The number of hydrogen-bond donors (Lipinski definition) is 1. The molecule has 118 valence electrons. The van der Waals surface area contributed by atoms with Crippen LogP contribution in [0.3, 0.4) is 0 Å². The number of nitrogens with zero attached hydrogens (tertiary/aromatic N) is 4. The zero-order valence-electron chi connectivity index (χ0n) is 13.4. The van der Waals surface area contributed by atoms with Crippen LogP contribution in [0, 0.1) is 6.92 Å². The average molecular weight is 309 g/mol. The Morgan fingerprint density at radius 2 is 1.96 bits per heavy atom. The van der Waals surface area contributed by atoms with E-state index in [0.717, 1.165) is 11.4 Å². The van der Waals surface area contributed by atoms with Crippen molar-refractivity contribution >= 4 is 11.8 Å². The Kier molecular flexibility index (Phi) is 3.97. The molecule has 0 saturated heterocycles. The van der Waals surface area contributed by atoms with Crippen LogP contribution in [0.1, 0.15) is 31.0 Å². The third-order valence-corrected chi connectivity index (χ3v) is 3.57. The lowest BCUT2D eigenvalue weighted by Crippen LogP contribution is -2.19. The van der Waals surface area contributed by atoms with E-state index in [1.165, 1.54) is 16.5 Å². The number of benzene rings is 1. The predicted molar refractivity (Wildman–Crippen MR) is 89.0 cm³/mol. The number of aromatic nitrogens is 4. The van der Waals surface area contributed by atoms with Gasteiger partial charge in [-0.15, -0.1) is 0 Å². The second-order valence-corrected chi connectivity index (χ2v) is 5.76. The molecule has 2 aromatic heterocycles. The number of hydrogen-bond acceptors (Lipinski definition) is 3. The lowest BCUT2D eigenvalue weighted by Gasteiger charge is -2.09. The molecule has 0 aliphatic carbocycles. The second kappa shape index (κ2) is 6.08. The van der Waals surface area contributed by atoms with Crippen LogP contribution in [0.2, 0.25) is 0 Å². The number of rotatable bonds is 3. The largest absolute Gasteiger partial charge is 0.332 e. The Morgan fingerprint density at radius 1 is 1.22 bits per heavy atom. The normalized spacial score (nSPS) is 11.0. The van der Waals surface area contributed by atoms with E-state index in [2.05, 4.69) is 29.2 Å². The highest BCUT2D eigenvalue weighted by atomic mass is 16.2. The van der Waals surface area contributed by atoms with E-state index in [1.54, 1.807) is 17.1 Å². The quantitative estimate of drug-likeness (QED) is 0.804. The Morgan fingerprint density at radius 3 is 2.57 bits per heavy atom. The molecule has 0 saturated carbocycles. The number of nitrogens with one attached hydrogen (secondary N) is 1. The second-order valence-electron chi connectivity index (χ2n) is 5.76. The van der Waals surface area contributed by atoms with Crippen molar-refractivity contribution in [2.45, 2.75) is 26.7 Å². The van der Waals surface area contributed by atoms with Crippen molar-refractivity contribution in [3.8, 4) is 5.69 Å². The SMILES string of the molecule is Cc1ccc(-n2nc(C(C)C)cc2NC(=O)n2ccnc2)cc1. The van der Waals surface area contributed by atoms with Crippen molar-refractivity contribution in [1.29, 1.82) is 0 Å². The molecular weight excluding hydrogens is 290 g/mol. The van der Waals surface area contributed by atoms with Gasteiger partial charge in [-0.1, -0.05) is 31.5 Å². The maximum atomic E-state index is 12.3. The average Bonchev–Trinajstić information content (AvgIpc) is 3.17. The number of anilines is 1. The van der Waals surface area contributed by atoms with Gasteiger partial charge in [-0.05, 0) is 25.0 Å². The molecular formula is C17H19N5O. The molecule has 1 amide bonds. The van der Waals surface area contributed by atoms with Crippen molar-refractivity contribution in [1.82, 2.24) is 19.3 Å². The molecule has 23 heavy (non-hydrogen) atoms. The lowest BCUT2D eigenvalue weighted by molar-refractivity contribution is 0.253. The summed E-state index contributed by atoms with van der Waals surface area (Å²) >= 11 is 0. The molecule has 0 spiro atoms. The minimum absolute atomic E-state index is 0.269. The van der Waals surface area contributed by atoms with E-state index in [4.69, 9.17) is 0 Å². The van der Waals surface area contributed by atoms with Crippen molar-refractivity contribution in [3.63, 3.8) is 0 Å². The van der Waals surface area contributed by atoms with E-state index < -0.39 is 0 Å². The summed E-state index contributed by atoms with van der Waals surface area (Å²) in [7, 11) is 0. The topological polar surface area (TPSA) is 64.7 Å². The van der Waals surface area contributed by atoms with Gasteiger partial charge in [0, 0.05) is 18.5 Å². The fraction of sp³-hybridized carbons (Fsp3) is 0.235. The molecule has 0 aliphatic heterocycles. The first-order chi connectivity index (χ1) is 11.0. The molecule has 3 aromatic rings. The standard InChI is InChI=1S/C17H19N5O/c1-12(2)15-10-16(19-17(23)21-9-8-18-11-21)22(20-15)14-6-4-13(3)5-7-14/h4-12H,1-3H3,(H,19,23). The van der Waals surface area contributed by atoms with Crippen molar-refractivity contribution < 1.29 is 4.79 Å². The predicted octanol–water partition coefficient (Wildman–Crippen LogP) is 3.58. The highest BCUT2D eigenvalue weighted by molar-refractivity contribution is 5.90. The van der Waals surface area contributed by atoms with Gasteiger partial charge in [-0.25, -0.2) is 14.5 Å². The van der Waals surface area contributed by atoms with Crippen molar-refractivity contribution in [2.24, 2.45) is 0 Å².